The molecule has 0 bridgehead atoms. The Morgan fingerprint density at radius 1 is 1.62 bits per heavy atom. The highest BCUT2D eigenvalue weighted by atomic mass is 79.9. The molecule has 0 fully saturated rings. The fourth-order valence-electron chi connectivity index (χ4n) is 1.29. The molecule has 0 aliphatic heterocycles. The molecule has 1 aromatic heterocycles. The Kier molecular flexibility index (Phi) is 4.39. The van der Waals surface area contributed by atoms with Gasteiger partial charge in [0, 0.05) is 23.1 Å². The summed E-state index contributed by atoms with van der Waals surface area (Å²) < 4.78 is 1.06. The van der Waals surface area contributed by atoms with Crippen LogP contribution in [0, 0.1) is 0 Å². The standard InChI is InChI=1S/C10H15BrN2/c1-2-4-8(12)7-10-9(11)5-3-6-13-10/h3,5-6,8H,2,4,7,12H2,1H3. The second-order valence-electron chi connectivity index (χ2n) is 3.18. The number of halogens is 1. The molecule has 2 N–H and O–H groups in total. The summed E-state index contributed by atoms with van der Waals surface area (Å²) >= 11 is 3.46. The minimum Gasteiger partial charge on any atom is -0.327 e. The molecular weight excluding hydrogens is 228 g/mol. The summed E-state index contributed by atoms with van der Waals surface area (Å²) in [5.41, 5.74) is 6.98. The average Bonchev–Trinajstić information content (AvgIpc) is 2.09. The van der Waals surface area contributed by atoms with E-state index in [1.165, 1.54) is 0 Å². The molecule has 0 aromatic carbocycles. The maximum atomic E-state index is 5.92. The zero-order valence-electron chi connectivity index (χ0n) is 7.83. The van der Waals surface area contributed by atoms with Gasteiger partial charge >= 0.3 is 0 Å². The van der Waals surface area contributed by atoms with Crippen molar-refractivity contribution in [2.45, 2.75) is 32.2 Å². The van der Waals surface area contributed by atoms with Crippen LogP contribution in [0.3, 0.4) is 0 Å². The topological polar surface area (TPSA) is 38.9 Å². The van der Waals surface area contributed by atoms with Crippen LogP contribution in [0.4, 0.5) is 0 Å². The summed E-state index contributed by atoms with van der Waals surface area (Å²) in [5, 5.41) is 0. The van der Waals surface area contributed by atoms with Gasteiger partial charge in [0.15, 0.2) is 0 Å². The first-order valence-electron chi connectivity index (χ1n) is 4.59. The lowest BCUT2D eigenvalue weighted by atomic mass is 10.1. The quantitative estimate of drug-likeness (QED) is 0.882. The van der Waals surface area contributed by atoms with Crippen LogP contribution in [0.2, 0.25) is 0 Å². The third-order valence-electron chi connectivity index (χ3n) is 1.95. The molecule has 1 rings (SSSR count). The van der Waals surface area contributed by atoms with E-state index in [0.717, 1.165) is 29.4 Å². The molecule has 0 radical (unpaired) electrons. The molecule has 0 spiro atoms. The summed E-state index contributed by atoms with van der Waals surface area (Å²) in [7, 11) is 0. The molecule has 1 aromatic rings. The van der Waals surface area contributed by atoms with Crippen molar-refractivity contribution in [1.29, 1.82) is 0 Å². The second kappa shape index (κ2) is 5.35. The van der Waals surface area contributed by atoms with Crippen LogP contribution >= 0.6 is 15.9 Å². The normalized spacial score (nSPS) is 12.8. The summed E-state index contributed by atoms with van der Waals surface area (Å²) in [4.78, 5) is 4.27. The van der Waals surface area contributed by atoms with Gasteiger partial charge in [0.25, 0.3) is 0 Å². The fourth-order valence-corrected chi connectivity index (χ4v) is 1.71. The van der Waals surface area contributed by atoms with E-state index in [1.54, 1.807) is 6.20 Å². The first-order chi connectivity index (χ1) is 6.24. The van der Waals surface area contributed by atoms with Crippen LogP contribution in [0.5, 0.6) is 0 Å². The van der Waals surface area contributed by atoms with E-state index >= 15 is 0 Å². The van der Waals surface area contributed by atoms with Crippen molar-refractivity contribution in [3.8, 4) is 0 Å². The van der Waals surface area contributed by atoms with Gasteiger partial charge in [-0.25, -0.2) is 0 Å². The summed E-state index contributed by atoms with van der Waals surface area (Å²) in [6.07, 6.45) is 4.85. The van der Waals surface area contributed by atoms with Crippen molar-refractivity contribution < 1.29 is 0 Å². The van der Waals surface area contributed by atoms with Crippen molar-refractivity contribution in [1.82, 2.24) is 4.98 Å². The van der Waals surface area contributed by atoms with Crippen LogP contribution in [0.15, 0.2) is 22.8 Å². The summed E-state index contributed by atoms with van der Waals surface area (Å²) in [5.74, 6) is 0. The smallest absolute Gasteiger partial charge is 0.0560 e. The Bertz CT molecular complexity index is 263. The molecule has 13 heavy (non-hydrogen) atoms. The first-order valence-corrected chi connectivity index (χ1v) is 5.38. The van der Waals surface area contributed by atoms with E-state index in [4.69, 9.17) is 5.73 Å². The van der Waals surface area contributed by atoms with Crippen molar-refractivity contribution in [3.63, 3.8) is 0 Å². The van der Waals surface area contributed by atoms with Crippen molar-refractivity contribution in [2.24, 2.45) is 5.73 Å². The Morgan fingerprint density at radius 2 is 2.38 bits per heavy atom. The Balaban J connectivity index is 2.58. The molecule has 0 saturated heterocycles. The van der Waals surface area contributed by atoms with Crippen LogP contribution in [-0.4, -0.2) is 11.0 Å². The van der Waals surface area contributed by atoms with Gasteiger partial charge in [0.1, 0.15) is 0 Å². The van der Waals surface area contributed by atoms with Crippen molar-refractivity contribution in [2.75, 3.05) is 0 Å². The SMILES string of the molecule is CCCC(N)Cc1ncccc1Br. The Hall–Kier alpha value is -0.410. The summed E-state index contributed by atoms with van der Waals surface area (Å²) in [6, 6.07) is 4.15. The number of hydrogen-bond acceptors (Lipinski definition) is 2. The van der Waals surface area contributed by atoms with Gasteiger partial charge in [-0.15, -0.1) is 0 Å². The number of nitrogens with zero attached hydrogens (tertiary/aromatic N) is 1. The number of aromatic nitrogens is 1. The minimum atomic E-state index is 0.233. The van der Waals surface area contributed by atoms with Crippen LogP contribution in [0.1, 0.15) is 25.5 Å². The molecule has 72 valence electrons. The van der Waals surface area contributed by atoms with E-state index < -0.39 is 0 Å². The molecule has 0 amide bonds. The number of rotatable bonds is 4. The Labute approximate surface area is 87.7 Å². The Morgan fingerprint density at radius 3 is 3.00 bits per heavy atom. The predicted molar refractivity (Wildman–Crippen MR) is 58.5 cm³/mol. The van der Waals surface area contributed by atoms with Crippen LogP contribution < -0.4 is 5.73 Å². The molecular formula is C10H15BrN2. The number of nitrogens with two attached hydrogens (primary N) is 1. The molecule has 0 saturated carbocycles. The highest BCUT2D eigenvalue weighted by Gasteiger charge is 2.06. The first kappa shape index (κ1) is 10.7. The minimum absolute atomic E-state index is 0.233. The fraction of sp³-hybridized carbons (Fsp3) is 0.500. The van der Waals surface area contributed by atoms with E-state index in [9.17, 15) is 0 Å². The zero-order valence-corrected chi connectivity index (χ0v) is 9.42. The zero-order chi connectivity index (χ0) is 9.68. The second-order valence-corrected chi connectivity index (χ2v) is 4.04. The van der Waals surface area contributed by atoms with Gasteiger partial charge in [-0.05, 0) is 34.5 Å². The lowest BCUT2D eigenvalue weighted by Gasteiger charge is -2.10. The van der Waals surface area contributed by atoms with Gasteiger partial charge in [-0.3, -0.25) is 4.98 Å². The van der Waals surface area contributed by atoms with Gasteiger partial charge in [-0.1, -0.05) is 13.3 Å². The van der Waals surface area contributed by atoms with E-state index in [2.05, 4.69) is 27.8 Å². The van der Waals surface area contributed by atoms with Crippen LogP contribution in [0.25, 0.3) is 0 Å². The van der Waals surface area contributed by atoms with Crippen molar-refractivity contribution in [3.05, 3.63) is 28.5 Å². The number of hydrogen-bond donors (Lipinski definition) is 1. The maximum absolute atomic E-state index is 5.92. The molecule has 1 heterocycles. The van der Waals surface area contributed by atoms with E-state index in [0.29, 0.717) is 0 Å². The van der Waals surface area contributed by atoms with Crippen molar-refractivity contribution >= 4 is 15.9 Å². The third-order valence-corrected chi connectivity index (χ3v) is 2.67. The average molecular weight is 243 g/mol. The van der Waals surface area contributed by atoms with Gasteiger partial charge in [-0.2, -0.15) is 0 Å². The molecule has 3 heteroatoms. The maximum Gasteiger partial charge on any atom is 0.0560 e. The highest BCUT2D eigenvalue weighted by molar-refractivity contribution is 9.10. The molecule has 1 unspecified atom stereocenters. The van der Waals surface area contributed by atoms with Gasteiger partial charge in [0.2, 0.25) is 0 Å². The lowest BCUT2D eigenvalue weighted by molar-refractivity contribution is 0.592. The largest absolute Gasteiger partial charge is 0.327 e. The molecule has 1 atom stereocenters. The molecule has 0 aliphatic carbocycles. The highest BCUT2D eigenvalue weighted by Crippen LogP contribution is 2.15. The molecule has 0 aliphatic rings. The van der Waals surface area contributed by atoms with Gasteiger partial charge < -0.3 is 5.73 Å². The van der Waals surface area contributed by atoms with E-state index in [-0.39, 0.29) is 6.04 Å². The third kappa shape index (κ3) is 3.44. The predicted octanol–water partition coefficient (Wildman–Crippen LogP) is 2.51. The summed E-state index contributed by atoms with van der Waals surface area (Å²) in [6.45, 7) is 2.15. The lowest BCUT2D eigenvalue weighted by Crippen LogP contribution is -2.23. The molecule has 2 nitrogen and oxygen atoms in total. The van der Waals surface area contributed by atoms with E-state index in [1.807, 2.05) is 12.1 Å². The monoisotopic (exact) mass is 242 g/mol. The van der Waals surface area contributed by atoms with Crippen LogP contribution in [-0.2, 0) is 6.42 Å². The van der Waals surface area contributed by atoms with Gasteiger partial charge in [0.05, 0.1) is 5.69 Å². The number of pyridine rings is 1.